The van der Waals surface area contributed by atoms with Gasteiger partial charge in [0, 0.05) is 5.02 Å². The molecular weight excluding hydrogens is 272 g/mol. The van der Waals surface area contributed by atoms with Crippen molar-refractivity contribution in [2.45, 2.75) is 51.9 Å². The molecule has 20 heavy (non-hydrogen) atoms. The second kappa shape index (κ2) is 7.68. The van der Waals surface area contributed by atoms with Gasteiger partial charge in [-0.05, 0) is 55.9 Å². The van der Waals surface area contributed by atoms with Crippen molar-refractivity contribution in [3.63, 3.8) is 0 Å². The zero-order valence-corrected chi connectivity index (χ0v) is 12.9. The van der Waals surface area contributed by atoms with Gasteiger partial charge in [0.15, 0.2) is 0 Å². The molecule has 1 aromatic carbocycles. The molecule has 0 N–H and O–H groups in total. The van der Waals surface area contributed by atoms with E-state index < -0.39 is 0 Å². The number of carbonyl (C=O) groups is 1. The Hall–Kier alpha value is -1.02. The van der Waals surface area contributed by atoms with Gasteiger partial charge in [0.05, 0.1) is 5.92 Å². The van der Waals surface area contributed by atoms with Crippen LogP contribution in [0.4, 0.5) is 0 Å². The first kappa shape index (κ1) is 15.4. The van der Waals surface area contributed by atoms with Crippen LogP contribution in [0.25, 0.3) is 0 Å². The number of carbonyl (C=O) groups excluding carboxylic acids is 1. The van der Waals surface area contributed by atoms with Crippen LogP contribution >= 0.6 is 11.6 Å². The summed E-state index contributed by atoms with van der Waals surface area (Å²) in [5.74, 6) is 1.40. The maximum atomic E-state index is 12.1. The molecule has 1 saturated carbocycles. The first-order valence-corrected chi connectivity index (χ1v) is 8.04. The van der Waals surface area contributed by atoms with Gasteiger partial charge in [0.25, 0.3) is 0 Å². The highest BCUT2D eigenvalue weighted by Gasteiger charge is 2.27. The zero-order chi connectivity index (χ0) is 14.4. The predicted octanol–water partition coefficient (Wildman–Crippen LogP) is 5.24. The van der Waals surface area contributed by atoms with Gasteiger partial charge in [-0.1, -0.05) is 37.8 Å². The number of halogens is 1. The van der Waals surface area contributed by atoms with Crippen molar-refractivity contribution in [2.24, 2.45) is 11.8 Å². The first-order chi connectivity index (χ1) is 9.69. The second-order valence-corrected chi connectivity index (χ2v) is 6.17. The van der Waals surface area contributed by atoms with E-state index in [2.05, 4.69) is 6.92 Å². The number of hydrogen-bond donors (Lipinski definition) is 0. The third-order valence-corrected chi connectivity index (χ3v) is 4.43. The fraction of sp³-hybridized carbons (Fsp3) is 0.588. The highest BCUT2D eigenvalue weighted by atomic mass is 35.5. The van der Waals surface area contributed by atoms with Crippen LogP contribution in [0.15, 0.2) is 24.3 Å². The summed E-state index contributed by atoms with van der Waals surface area (Å²) < 4.78 is 5.43. The van der Waals surface area contributed by atoms with Crippen LogP contribution in [0.3, 0.4) is 0 Å². The molecule has 1 aliphatic carbocycles. The van der Waals surface area contributed by atoms with Crippen molar-refractivity contribution >= 4 is 17.6 Å². The Bertz CT molecular complexity index is 419. The summed E-state index contributed by atoms with van der Waals surface area (Å²) in [6, 6.07) is 6.97. The number of rotatable bonds is 5. The maximum absolute atomic E-state index is 12.1. The normalized spacial score (nSPS) is 22.5. The molecule has 0 amide bonds. The molecule has 2 rings (SSSR count). The van der Waals surface area contributed by atoms with Gasteiger partial charge in [-0.25, -0.2) is 0 Å². The topological polar surface area (TPSA) is 26.3 Å². The van der Waals surface area contributed by atoms with Crippen molar-refractivity contribution in [1.82, 2.24) is 0 Å². The molecule has 0 spiro atoms. The summed E-state index contributed by atoms with van der Waals surface area (Å²) in [6.07, 6.45) is 8.17. The average molecular weight is 295 g/mol. The Morgan fingerprint density at radius 3 is 2.45 bits per heavy atom. The van der Waals surface area contributed by atoms with E-state index in [1.54, 1.807) is 24.3 Å². The molecule has 0 heterocycles. The maximum Gasteiger partial charge on any atom is 0.314 e. The quantitative estimate of drug-likeness (QED) is 0.548. The number of unbranched alkanes of at least 4 members (excludes halogenated alkanes) is 1. The molecule has 1 aliphatic rings. The van der Waals surface area contributed by atoms with Crippen molar-refractivity contribution in [2.75, 3.05) is 0 Å². The van der Waals surface area contributed by atoms with Gasteiger partial charge in [0.1, 0.15) is 5.75 Å². The minimum absolute atomic E-state index is 0.0727. The van der Waals surface area contributed by atoms with Crippen LogP contribution in [0.1, 0.15) is 51.9 Å². The molecule has 3 heteroatoms. The molecular formula is C17H23ClO2. The Balaban J connectivity index is 1.78. The molecule has 0 bridgehead atoms. The monoisotopic (exact) mass is 294 g/mol. The lowest BCUT2D eigenvalue weighted by molar-refractivity contribution is -0.140. The fourth-order valence-electron chi connectivity index (χ4n) is 2.88. The number of ether oxygens (including phenoxy) is 1. The van der Waals surface area contributed by atoms with Gasteiger partial charge >= 0.3 is 5.97 Å². The summed E-state index contributed by atoms with van der Waals surface area (Å²) in [4.78, 5) is 12.1. The molecule has 0 aliphatic heterocycles. The lowest BCUT2D eigenvalue weighted by Crippen LogP contribution is -2.25. The molecule has 110 valence electrons. The van der Waals surface area contributed by atoms with E-state index in [1.165, 1.54) is 32.1 Å². The Morgan fingerprint density at radius 2 is 1.85 bits per heavy atom. The summed E-state index contributed by atoms with van der Waals surface area (Å²) in [6.45, 7) is 2.23. The first-order valence-electron chi connectivity index (χ1n) is 7.66. The van der Waals surface area contributed by atoms with Crippen LogP contribution in [-0.2, 0) is 4.79 Å². The number of hydrogen-bond acceptors (Lipinski definition) is 2. The molecule has 1 fully saturated rings. The minimum Gasteiger partial charge on any atom is -0.426 e. The van der Waals surface area contributed by atoms with E-state index in [1.807, 2.05) is 0 Å². The van der Waals surface area contributed by atoms with E-state index in [0.29, 0.717) is 10.8 Å². The van der Waals surface area contributed by atoms with Crippen molar-refractivity contribution in [1.29, 1.82) is 0 Å². The zero-order valence-electron chi connectivity index (χ0n) is 12.1. The lowest BCUT2D eigenvalue weighted by Gasteiger charge is -2.27. The molecule has 0 atom stereocenters. The highest BCUT2D eigenvalue weighted by Crippen LogP contribution is 2.32. The molecule has 0 saturated heterocycles. The van der Waals surface area contributed by atoms with Crippen LogP contribution in [-0.4, -0.2) is 5.97 Å². The van der Waals surface area contributed by atoms with E-state index in [0.717, 1.165) is 18.8 Å². The van der Waals surface area contributed by atoms with Crippen LogP contribution in [0.5, 0.6) is 5.75 Å². The third-order valence-electron chi connectivity index (χ3n) is 4.18. The smallest absolute Gasteiger partial charge is 0.314 e. The van der Waals surface area contributed by atoms with Gasteiger partial charge < -0.3 is 4.74 Å². The third kappa shape index (κ3) is 4.52. The van der Waals surface area contributed by atoms with Gasteiger partial charge in [-0.2, -0.15) is 0 Å². The van der Waals surface area contributed by atoms with Crippen molar-refractivity contribution < 1.29 is 9.53 Å². The van der Waals surface area contributed by atoms with Crippen LogP contribution in [0.2, 0.25) is 5.02 Å². The Kier molecular flexibility index (Phi) is 5.90. The van der Waals surface area contributed by atoms with Gasteiger partial charge in [-0.3, -0.25) is 4.79 Å². The largest absolute Gasteiger partial charge is 0.426 e. The average Bonchev–Trinajstić information content (AvgIpc) is 2.48. The van der Waals surface area contributed by atoms with Crippen molar-refractivity contribution in [3.05, 3.63) is 29.3 Å². The summed E-state index contributed by atoms with van der Waals surface area (Å²) >= 11 is 5.81. The lowest BCUT2D eigenvalue weighted by atomic mass is 9.80. The molecule has 0 aromatic heterocycles. The summed E-state index contributed by atoms with van der Waals surface area (Å²) in [5.41, 5.74) is 0. The van der Waals surface area contributed by atoms with E-state index in [4.69, 9.17) is 16.3 Å². The SMILES string of the molecule is CCCC[C@H]1CC[C@H](C(=O)Oc2ccc(Cl)cc2)CC1. The Labute approximate surface area is 126 Å². The van der Waals surface area contributed by atoms with E-state index >= 15 is 0 Å². The van der Waals surface area contributed by atoms with Gasteiger partial charge in [0.2, 0.25) is 0 Å². The standard InChI is InChI=1S/C17H23ClO2/c1-2-3-4-13-5-7-14(8-6-13)17(19)20-16-11-9-15(18)10-12-16/h9-14H,2-8H2,1H3/t13-,14-. The molecule has 2 nitrogen and oxygen atoms in total. The van der Waals surface area contributed by atoms with E-state index in [9.17, 15) is 4.79 Å². The minimum atomic E-state index is -0.0822. The van der Waals surface area contributed by atoms with Crippen LogP contribution < -0.4 is 4.74 Å². The fourth-order valence-corrected chi connectivity index (χ4v) is 3.01. The summed E-state index contributed by atoms with van der Waals surface area (Å²) in [5, 5.41) is 0.654. The summed E-state index contributed by atoms with van der Waals surface area (Å²) in [7, 11) is 0. The van der Waals surface area contributed by atoms with E-state index in [-0.39, 0.29) is 11.9 Å². The Morgan fingerprint density at radius 1 is 1.20 bits per heavy atom. The predicted molar refractivity (Wildman–Crippen MR) is 82.1 cm³/mol. The number of benzene rings is 1. The molecule has 1 aromatic rings. The van der Waals surface area contributed by atoms with Crippen molar-refractivity contribution in [3.8, 4) is 5.75 Å². The van der Waals surface area contributed by atoms with Crippen LogP contribution in [0, 0.1) is 11.8 Å². The molecule has 0 radical (unpaired) electrons. The second-order valence-electron chi connectivity index (χ2n) is 5.73. The number of esters is 1. The highest BCUT2D eigenvalue weighted by molar-refractivity contribution is 6.30. The van der Waals surface area contributed by atoms with Gasteiger partial charge in [-0.15, -0.1) is 0 Å². The molecule has 0 unspecified atom stereocenters.